The van der Waals surface area contributed by atoms with Gasteiger partial charge in [0.1, 0.15) is 12.4 Å². The van der Waals surface area contributed by atoms with Crippen LogP contribution in [0.4, 0.5) is 5.69 Å². The molecular weight excluding hydrogens is 298 g/mol. The van der Waals surface area contributed by atoms with Gasteiger partial charge in [0.15, 0.2) is 0 Å². The third-order valence-electron chi connectivity index (χ3n) is 5.67. The van der Waals surface area contributed by atoms with Gasteiger partial charge in [-0.05, 0) is 37.6 Å². The van der Waals surface area contributed by atoms with E-state index < -0.39 is 0 Å². The summed E-state index contributed by atoms with van der Waals surface area (Å²) >= 11 is 0. The van der Waals surface area contributed by atoms with Gasteiger partial charge < -0.3 is 9.47 Å². The number of para-hydroxylation sites is 1. The molecule has 3 heterocycles. The van der Waals surface area contributed by atoms with Crippen LogP contribution < -0.4 is 4.90 Å². The van der Waals surface area contributed by atoms with E-state index in [1.807, 2.05) is 12.4 Å². The van der Waals surface area contributed by atoms with Gasteiger partial charge in [-0.25, -0.2) is 4.98 Å². The third kappa shape index (κ3) is 2.47. The van der Waals surface area contributed by atoms with E-state index in [1.54, 1.807) is 0 Å². The summed E-state index contributed by atoms with van der Waals surface area (Å²) in [6.07, 6.45) is 6.17. The molecule has 0 aliphatic carbocycles. The molecule has 0 unspecified atom stereocenters. The van der Waals surface area contributed by atoms with Gasteiger partial charge in [-0.3, -0.25) is 4.90 Å². The maximum absolute atomic E-state index is 9.14. The van der Waals surface area contributed by atoms with Gasteiger partial charge in [-0.15, -0.1) is 0 Å². The van der Waals surface area contributed by atoms with Crippen molar-refractivity contribution in [2.45, 2.75) is 24.8 Å². The number of hydrogen-bond acceptors (Lipinski definition) is 4. The van der Waals surface area contributed by atoms with Gasteiger partial charge in [0.25, 0.3) is 0 Å². The van der Waals surface area contributed by atoms with Crippen LogP contribution in [-0.2, 0) is 19.0 Å². The average Bonchev–Trinajstić information content (AvgIpc) is 3.13. The molecule has 0 atom stereocenters. The monoisotopic (exact) mass is 321 g/mol. The molecule has 5 heteroatoms. The highest BCUT2D eigenvalue weighted by molar-refractivity contribution is 5.63. The summed E-state index contributed by atoms with van der Waals surface area (Å²) in [6, 6.07) is 11.0. The molecule has 4 rings (SSSR count). The minimum atomic E-state index is 0.214. The molecule has 24 heavy (non-hydrogen) atoms. The Kier molecular flexibility index (Phi) is 3.78. The Morgan fingerprint density at radius 1 is 1.25 bits per heavy atom. The summed E-state index contributed by atoms with van der Waals surface area (Å²) in [5.74, 6) is 1.13. The highest BCUT2D eigenvalue weighted by Gasteiger charge is 2.44. The molecule has 0 saturated carbocycles. The lowest BCUT2D eigenvalue weighted by molar-refractivity contribution is 0.156. The molecule has 0 N–H and O–H groups in total. The Morgan fingerprint density at radius 3 is 2.75 bits per heavy atom. The first kappa shape index (κ1) is 15.2. The van der Waals surface area contributed by atoms with Crippen LogP contribution in [-0.4, -0.2) is 40.6 Å². The second kappa shape index (κ2) is 5.95. The number of nitriles is 1. The Hall–Kier alpha value is -2.32. The van der Waals surface area contributed by atoms with Gasteiger partial charge in [-0.2, -0.15) is 5.26 Å². The Labute approximate surface area is 143 Å². The number of hydrogen-bond donors (Lipinski definition) is 0. The number of nitrogens with zero attached hydrogens (tertiary/aromatic N) is 5. The lowest BCUT2D eigenvalue weighted by Gasteiger charge is -2.39. The maximum Gasteiger partial charge on any atom is 0.122 e. The van der Waals surface area contributed by atoms with E-state index in [-0.39, 0.29) is 5.41 Å². The van der Waals surface area contributed by atoms with Crippen molar-refractivity contribution in [3.63, 3.8) is 0 Å². The summed E-state index contributed by atoms with van der Waals surface area (Å²) in [6.45, 7) is 4.55. The largest absolute Gasteiger partial charge is 0.357 e. The van der Waals surface area contributed by atoms with Crippen molar-refractivity contribution in [3.05, 3.63) is 48.0 Å². The summed E-state index contributed by atoms with van der Waals surface area (Å²) in [7, 11) is 2.06. The Bertz CT molecular complexity index is 764. The Morgan fingerprint density at radius 2 is 2.04 bits per heavy atom. The number of aryl methyl sites for hydroxylation is 1. The first-order valence-electron chi connectivity index (χ1n) is 8.62. The second-order valence-electron chi connectivity index (χ2n) is 7.04. The van der Waals surface area contributed by atoms with E-state index >= 15 is 0 Å². The van der Waals surface area contributed by atoms with Crippen LogP contribution in [0.15, 0.2) is 36.7 Å². The second-order valence-corrected chi connectivity index (χ2v) is 7.04. The lowest BCUT2D eigenvalue weighted by atomic mass is 9.74. The maximum atomic E-state index is 9.14. The van der Waals surface area contributed by atoms with Gasteiger partial charge >= 0.3 is 0 Å². The zero-order valence-corrected chi connectivity index (χ0v) is 14.1. The van der Waals surface area contributed by atoms with Crippen LogP contribution in [0.2, 0.25) is 0 Å². The topological polar surface area (TPSA) is 48.1 Å². The third-order valence-corrected chi connectivity index (χ3v) is 5.67. The first-order chi connectivity index (χ1) is 11.7. The summed E-state index contributed by atoms with van der Waals surface area (Å²) in [5, 5.41) is 9.14. The molecule has 2 aromatic rings. The minimum absolute atomic E-state index is 0.214. The number of piperidine rings is 1. The Balaban J connectivity index is 1.51. The summed E-state index contributed by atoms with van der Waals surface area (Å²) < 4.78 is 2.10. The molecule has 5 nitrogen and oxygen atoms in total. The molecular formula is C19H23N5. The molecule has 1 saturated heterocycles. The van der Waals surface area contributed by atoms with Gasteiger partial charge in [0.2, 0.25) is 0 Å². The van der Waals surface area contributed by atoms with Crippen molar-refractivity contribution in [1.82, 2.24) is 14.5 Å². The smallest absolute Gasteiger partial charge is 0.122 e. The zero-order chi connectivity index (χ0) is 16.6. The predicted molar refractivity (Wildman–Crippen MR) is 93.7 cm³/mol. The van der Waals surface area contributed by atoms with Crippen molar-refractivity contribution in [1.29, 1.82) is 5.26 Å². The van der Waals surface area contributed by atoms with E-state index in [4.69, 9.17) is 5.26 Å². The van der Waals surface area contributed by atoms with Crippen molar-refractivity contribution in [2.75, 3.05) is 31.1 Å². The molecule has 1 fully saturated rings. The normalized spacial score (nSPS) is 19.4. The van der Waals surface area contributed by atoms with Crippen LogP contribution in [0.3, 0.4) is 0 Å². The molecule has 2 aliphatic rings. The van der Waals surface area contributed by atoms with E-state index in [9.17, 15) is 0 Å². The number of aromatic nitrogens is 2. The molecule has 1 spiro atoms. The molecule has 0 radical (unpaired) electrons. The van der Waals surface area contributed by atoms with E-state index in [0.29, 0.717) is 6.54 Å². The number of likely N-dealkylation sites (tertiary alicyclic amines) is 1. The van der Waals surface area contributed by atoms with Crippen LogP contribution in [0.1, 0.15) is 24.2 Å². The molecule has 0 amide bonds. The van der Waals surface area contributed by atoms with Crippen LogP contribution in [0, 0.1) is 11.3 Å². The van der Waals surface area contributed by atoms with Gasteiger partial charge in [-0.1, -0.05) is 18.2 Å². The SMILES string of the molecule is Cn1ccnc1CN1CCC2(CC1)CN(CC#N)c1ccccc12. The lowest BCUT2D eigenvalue weighted by Crippen LogP contribution is -2.45. The standard InChI is InChI=1S/C19H23N5/c1-22-13-9-21-18(22)14-23-10-6-19(7-11-23)15-24(12-8-20)17-5-3-2-4-16(17)19/h2-5,9,13H,6-7,10-12,14-15H2,1H3. The van der Waals surface area contributed by atoms with Crippen molar-refractivity contribution < 1.29 is 0 Å². The average molecular weight is 321 g/mol. The van der Waals surface area contributed by atoms with Crippen molar-refractivity contribution in [2.24, 2.45) is 7.05 Å². The number of benzene rings is 1. The fourth-order valence-electron chi connectivity index (χ4n) is 4.28. The number of fused-ring (bicyclic) bond motifs is 2. The number of anilines is 1. The van der Waals surface area contributed by atoms with Crippen LogP contribution in [0.5, 0.6) is 0 Å². The molecule has 1 aromatic carbocycles. The molecule has 124 valence electrons. The van der Waals surface area contributed by atoms with E-state index in [1.165, 1.54) is 11.3 Å². The fraction of sp³-hybridized carbons (Fsp3) is 0.474. The number of imidazole rings is 1. The number of rotatable bonds is 3. The summed E-state index contributed by atoms with van der Waals surface area (Å²) in [5.41, 5.74) is 2.92. The highest BCUT2D eigenvalue weighted by atomic mass is 15.2. The van der Waals surface area contributed by atoms with E-state index in [2.05, 4.69) is 56.7 Å². The highest BCUT2D eigenvalue weighted by Crippen LogP contribution is 2.46. The minimum Gasteiger partial charge on any atom is -0.357 e. The van der Waals surface area contributed by atoms with Gasteiger partial charge in [0, 0.05) is 37.1 Å². The zero-order valence-electron chi connectivity index (χ0n) is 14.1. The van der Waals surface area contributed by atoms with Crippen LogP contribution in [0.25, 0.3) is 0 Å². The van der Waals surface area contributed by atoms with Gasteiger partial charge in [0.05, 0.1) is 12.6 Å². The van der Waals surface area contributed by atoms with E-state index in [0.717, 1.165) is 44.8 Å². The predicted octanol–water partition coefficient (Wildman–Crippen LogP) is 2.30. The first-order valence-corrected chi connectivity index (χ1v) is 8.62. The molecule has 0 bridgehead atoms. The molecule has 2 aliphatic heterocycles. The fourth-order valence-corrected chi connectivity index (χ4v) is 4.28. The van der Waals surface area contributed by atoms with Crippen molar-refractivity contribution >= 4 is 5.69 Å². The van der Waals surface area contributed by atoms with Crippen molar-refractivity contribution in [3.8, 4) is 6.07 Å². The summed E-state index contributed by atoms with van der Waals surface area (Å²) in [4.78, 5) is 9.21. The molecule has 1 aromatic heterocycles. The van der Waals surface area contributed by atoms with Crippen LogP contribution >= 0.6 is 0 Å². The quantitative estimate of drug-likeness (QED) is 0.814.